The second-order valence-corrected chi connectivity index (χ2v) is 5.13. The van der Waals surface area contributed by atoms with Crippen molar-refractivity contribution in [2.75, 3.05) is 0 Å². The third kappa shape index (κ3) is 3.17. The van der Waals surface area contributed by atoms with Crippen molar-refractivity contribution in [1.29, 1.82) is 0 Å². The maximum absolute atomic E-state index is 10.3. The molecule has 1 fully saturated rings. The van der Waals surface area contributed by atoms with Gasteiger partial charge in [-0.3, -0.25) is 0 Å². The Morgan fingerprint density at radius 2 is 2.29 bits per heavy atom. The van der Waals surface area contributed by atoms with Gasteiger partial charge in [0, 0.05) is 6.08 Å². The molecule has 1 aliphatic rings. The zero-order chi connectivity index (χ0) is 10.8. The van der Waals surface area contributed by atoms with Gasteiger partial charge < -0.3 is 5.11 Å². The Balaban J connectivity index is 2.30. The predicted molar refractivity (Wildman–Crippen MR) is 57.1 cm³/mol. The summed E-state index contributed by atoms with van der Waals surface area (Å²) in [6.07, 6.45) is 6.50. The Morgan fingerprint density at radius 1 is 1.64 bits per heavy atom. The van der Waals surface area contributed by atoms with Crippen molar-refractivity contribution < 1.29 is 9.90 Å². The molecule has 2 heteroatoms. The minimum absolute atomic E-state index is 0.385. The third-order valence-electron chi connectivity index (χ3n) is 3.14. The highest BCUT2D eigenvalue weighted by molar-refractivity contribution is 5.79. The number of carboxylic acid groups (broad SMARTS) is 1. The summed E-state index contributed by atoms with van der Waals surface area (Å²) < 4.78 is 0. The van der Waals surface area contributed by atoms with Crippen LogP contribution in [0.2, 0.25) is 0 Å². The largest absolute Gasteiger partial charge is 0.478 e. The van der Waals surface area contributed by atoms with Crippen molar-refractivity contribution in [1.82, 2.24) is 0 Å². The van der Waals surface area contributed by atoms with Gasteiger partial charge in [-0.05, 0) is 36.5 Å². The first-order valence-electron chi connectivity index (χ1n) is 5.33. The van der Waals surface area contributed by atoms with Crippen LogP contribution in [-0.4, -0.2) is 11.1 Å². The molecule has 0 heterocycles. The molecule has 1 saturated carbocycles. The topological polar surface area (TPSA) is 37.3 Å². The van der Waals surface area contributed by atoms with Crippen molar-refractivity contribution in [3.63, 3.8) is 0 Å². The molecule has 1 aliphatic carbocycles. The molecule has 0 aromatic heterocycles. The average Bonchev–Trinajstić information content (AvgIpc) is 2.59. The molecule has 1 rings (SSSR count). The first-order valence-corrected chi connectivity index (χ1v) is 5.33. The maximum Gasteiger partial charge on any atom is 0.327 e. The minimum atomic E-state index is -0.838. The second kappa shape index (κ2) is 4.16. The van der Waals surface area contributed by atoms with E-state index in [2.05, 4.69) is 20.8 Å². The quantitative estimate of drug-likeness (QED) is 0.686. The van der Waals surface area contributed by atoms with Gasteiger partial charge in [-0.15, -0.1) is 0 Å². The van der Waals surface area contributed by atoms with Crippen LogP contribution in [0.25, 0.3) is 0 Å². The van der Waals surface area contributed by atoms with E-state index in [0.29, 0.717) is 5.41 Å². The molecule has 0 radical (unpaired) electrons. The first-order chi connectivity index (χ1) is 6.44. The Hall–Kier alpha value is -0.790. The molecule has 14 heavy (non-hydrogen) atoms. The molecule has 2 unspecified atom stereocenters. The summed E-state index contributed by atoms with van der Waals surface area (Å²) in [5.41, 5.74) is 0.385. The van der Waals surface area contributed by atoms with Gasteiger partial charge in [0.15, 0.2) is 0 Å². The SMILES string of the molecule is CC(C)CC1CC1(C)CC=CC(=O)O. The van der Waals surface area contributed by atoms with Gasteiger partial charge in [0.2, 0.25) is 0 Å². The molecule has 80 valence electrons. The Morgan fingerprint density at radius 3 is 2.79 bits per heavy atom. The molecule has 2 atom stereocenters. The van der Waals surface area contributed by atoms with E-state index in [9.17, 15) is 4.79 Å². The lowest BCUT2D eigenvalue weighted by molar-refractivity contribution is -0.131. The molecule has 0 bridgehead atoms. The fraction of sp³-hybridized carbons (Fsp3) is 0.750. The lowest BCUT2D eigenvalue weighted by Crippen LogP contribution is -1.99. The molecule has 2 nitrogen and oxygen atoms in total. The van der Waals surface area contributed by atoms with E-state index < -0.39 is 5.97 Å². The van der Waals surface area contributed by atoms with Crippen LogP contribution < -0.4 is 0 Å². The molecule has 0 saturated heterocycles. The van der Waals surface area contributed by atoms with Gasteiger partial charge >= 0.3 is 5.97 Å². The van der Waals surface area contributed by atoms with E-state index in [-0.39, 0.29) is 0 Å². The summed E-state index contributed by atoms with van der Waals surface area (Å²) in [6.45, 7) is 6.74. The van der Waals surface area contributed by atoms with E-state index in [0.717, 1.165) is 18.3 Å². The lowest BCUT2D eigenvalue weighted by atomic mass is 9.96. The summed E-state index contributed by atoms with van der Waals surface area (Å²) in [6, 6.07) is 0. The normalized spacial score (nSPS) is 31.3. The number of aliphatic carboxylic acids is 1. The molecule has 0 aromatic carbocycles. The molecular formula is C12H20O2. The minimum Gasteiger partial charge on any atom is -0.478 e. The summed E-state index contributed by atoms with van der Waals surface area (Å²) >= 11 is 0. The van der Waals surface area contributed by atoms with Gasteiger partial charge in [0.1, 0.15) is 0 Å². The van der Waals surface area contributed by atoms with E-state index in [1.54, 1.807) is 6.08 Å². The highest BCUT2D eigenvalue weighted by Crippen LogP contribution is 2.57. The standard InChI is InChI=1S/C12H20O2/c1-9(2)7-10-8-12(10,3)6-4-5-11(13)14/h4-5,9-10H,6-8H2,1-3H3,(H,13,14). The molecule has 0 aromatic rings. The Kier molecular flexibility index (Phi) is 3.35. The zero-order valence-corrected chi connectivity index (χ0v) is 9.29. The smallest absolute Gasteiger partial charge is 0.327 e. The van der Waals surface area contributed by atoms with Crippen molar-refractivity contribution in [2.45, 2.75) is 40.0 Å². The number of hydrogen-bond acceptors (Lipinski definition) is 1. The van der Waals surface area contributed by atoms with Crippen LogP contribution in [-0.2, 0) is 4.79 Å². The van der Waals surface area contributed by atoms with E-state index in [1.165, 1.54) is 18.9 Å². The number of allylic oxidation sites excluding steroid dienone is 1. The Labute approximate surface area is 86.0 Å². The molecule has 0 spiro atoms. The average molecular weight is 196 g/mol. The van der Waals surface area contributed by atoms with Gasteiger partial charge in [0.05, 0.1) is 0 Å². The summed E-state index contributed by atoms with van der Waals surface area (Å²) in [4.78, 5) is 10.3. The number of carbonyl (C=O) groups is 1. The van der Waals surface area contributed by atoms with Gasteiger partial charge in [-0.2, -0.15) is 0 Å². The van der Waals surface area contributed by atoms with Crippen LogP contribution in [0.3, 0.4) is 0 Å². The lowest BCUT2D eigenvalue weighted by Gasteiger charge is -2.09. The number of hydrogen-bond donors (Lipinski definition) is 1. The second-order valence-electron chi connectivity index (χ2n) is 5.13. The highest BCUT2D eigenvalue weighted by atomic mass is 16.4. The fourth-order valence-corrected chi connectivity index (χ4v) is 2.12. The summed E-state index contributed by atoms with van der Waals surface area (Å²) in [5.74, 6) is 0.723. The van der Waals surface area contributed by atoms with Crippen molar-refractivity contribution in [3.05, 3.63) is 12.2 Å². The van der Waals surface area contributed by atoms with E-state index >= 15 is 0 Å². The van der Waals surface area contributed by atoms with Crippen LogP contribution in [0.5, 0.6) is 0 Å². The fourth-order valence-electron chi connectivity index (χ4n) is 2.12. The van der Waals surface area contributed by atoms with Gasteiger partial charge in [-0.25, -0.2) is 4.79 Å². The van der Waals surface area contributed by atoms with Crippen LogP contribution in [0.1, 0.15) is 40.0 Å². The van der Waals surface area contributed by atoms with Crippen LogP contribution >= 0.6 is 0 Å². The predicted octanol–water partition coefficient (Wildman–Crippen LogP) is 3.09. The number of carboxylic acids is 1. The van der Waals surface area contributed by atoms with Crippen molar-refractivity contribution in [3.8, 4) is 0 Å². The first kappa shape index (κ1) is 11.3. The summed E-state index contributed by atoms with van der Waals surface area (Å²) in [5, 5.41) is 8.46. The van der Waals surface area contributed by atoms with E-state index in [4.69, 9.17) is 5.11 Å². The van der Waals surface area contributed by atoms with Crippen LogP contribution in [0.15, 0.2) is 12.2 Å². The third-order valence-corrected chi connectivity index (χ3v) is 3.14. The number of rotatable bonds is 5. The van der Waals surface area contributed by atoms with Gasteiger partial charge in [-0.1, -0.05) is 26.8 Å². The van der Waals surface area contributed by atoms with E-state index in [1.807, 2.05) is 0 Å². The highest BCUT2D eigenvalue weighted by Gasteiger charge is 2.48. The van der Waals surface area contributed by atoms with Crippen LogP contribution in [0, 0.1) is 17.3 Å². The van der Waals surface area contributed by atoms with Crippen LogP contribution in [0.4, 0.5) is 0 Å². The maximum atomic E-state index is 10.3. The summed E-state index contributed by atoms with van der Waals surface area (Å²) in [7, 11) is 0. The van der Waals surface area contributed by atoms with Crippen molar-refractivity contribution >= 4 is 5.97 Å². The van der Waals surface area contributed by atoms with Crippen molar-refractivity contribution in [2.24, 2.45) is 17.3 Å². The Bertz CT molecular complexity index is 243. The molecule has 0 aliphatic heterocycles. The molecule has 0 amide bonds. The molecular weight excluding hydrogens is 176 g/mol. The zero-order valence-electron chi connectivity index (χ0n) is 9.29. The monoisotopic (exact) mass is 196 g/mol. The molecule has 1 N–H and O–H groups in total. The van der Waals surface area contributed by atoms with Gasteiger partial charge in [0.25, 0.3) is 0 Å².